The van der Waals surface area contributed by atoms with E-state index in [4.69, 9.17) is 14.2 Å². The van der Waals surface area contributed by atoms with E-state index < -0.39 is 0 Å². The van der Waals surface area contributed by atoms with Gasteiger partial charge in [-0.3, -0.25) is 0 Å². The number of anilines is 1. The lowest BCUT2D eigenvalue weighted by atomic mass is 10.2. The van der Waals surface area contributed by atoms with Gasteiger partial charge in [0.15, 0.2) is 0 Å². The SMILES string of the molecule is C=C/C=C(\OC)C(=C)Nc1ccc(OC)cc1OC. The van der Waals surface area contributed by atoms with Crippen LogP contribution in [0.5, 0.6) is 11.5 Å². The monoisotopic (exact) mass is 261 g/mol. The van der Waals surface area contributed by atoms with E-state index in [0.29, 0.717) is 17.2 Å². The van der Waals surface area contributed by atoms with Crippen LogP contribution in [-0.2, 0) is 4.74 Å². The molecule has 1 aromatic rings. The van der Waals surface area contributed by atoms with E-state index in [9.17, 15) is 0 Å². The van der Waals surface area contributed by atoms with E-state index in [2.05, 4.69) is 18.5 Å². The van der Waals surface area contributed by atoms with Crippen molar-refractivity contribution in [3.8, 4) is 11.5 Å². The van der Waals surface area contributed by atoms with Gasteiger partial charge in [0.1, 0.15) is 17.3 Å². The minimum absolute atomic E-state index is 0.605. The third-order valence-electron chi connectivity index (χ3n) is 2.48. The zero-order chi connectivity index (χ0) is 14.3. The van der Waals surface area contributed by atoms with E-state index in [0.717, 1.165) is 11.4 Å². The summed E-state index contributed by atoms with van der Waals surface area (Å²) in [5.41, 5.74) is 1.39. The summed E-state index contributed by atoms with van der Waals surface area (Å²) in [6.45, 7) is 7.55. The van der Waals surface area contributed by atoms with Crippen molar-refractivity contribution in [2.45, 2.75) is 0 Å². The first-order valence-electron chi connectivity index (χ1n) is 5.71. The van der Waals surface area contributed by atoms with Crippen molar-refractivity contribution in [2.75, 3.05) is 26.6 Å². The zero-order valence-electron chi connectivity index (χ0n) is 11.5. The predicted octanol–water partition coefficient (Wildman–Crippen LogP) is 3.35. The molecule has 1 aromatic carbocycles. The van der Waals surface area contributed by atoms with Gasteiger partial charge in [0, 0.05) is 6.07 Å². The minimum Gasteiger partial charge on any atom is -0.497 e. The van der Waals surface area contributed by atoms with Gasteiger partial charge in [-0.2, -0.15) is 0 Å². The summed E-state index contributed by atoms with van der Waals surface area (Å²) in [6.07, 6.45) is 3.36. The molecule has 1 rings (SSSR count). The van der Waals surface area contributed by atoms with Crippen LogP contribution in [0.4, 0.5) is 5.69 Å². The highest BCUT2D eigenvalue weighted by molar-refractivity contribution is 5.63. The number of nitrogens with one attached hydrogen (secondary N) is 1. The molecule has 0 bridgehead atoms. The summed E-state index contributed by atoms with van der Waals surface area (Å²) < 4.78 is 15.6. The standard InChI is InChI=1S/C15H19NO3/c1-6-7-14(18-4)11(2)16-13-9-8-12(17-3)10-15(13)19-5/h6-10,16H,1-2H2,3-5H3/b14-7-. The number of allylic oxidation sites excluding steroid dienone is 2. The molecule has 0 aromatic heterocycles. The van der Waals surface area contributed by atoms with Crippen LogP contribution in [0.15, 0.2) is 55.0 Å². The van der Waals surface area contributed by atoms with Gasteiger partial charge in [0.2, 0.25) is 0 Å². The van der Waals surface area contributed by atoms with Gasteiger partial charge in [-0.05, 0) is 18.2 Å². The van der Waals surface area contributed by atoms with E-state index in [1.54, 1.807) is 39.5 Å². The van der Waals surface area contributed by atoms with Gasteiger partial charge in [0.05, 0.1) is 32.7 Å². The van der Waals surface area contributed by atoms with E-state index in [1.165, 1.54) is 0 Å². The lowest BCUT2D eigenvalue weighted by Gasteiger charge is -2.15. The number of hydrogen-bond acceptors (Lipinski definition) is 4. The second kappa shape index (κ2) is 7.16. The fourth-order valence-corrected chi connectivity index (χ4v) is 1.52. The maximum Gasteiger partial charge on any atom is 0.145 e. The predicted molar refractivity (Wildman–Crippen MR) is 77.6 cm³/mol. The number of ether oxygens (including phenoxy) is 3. The third kappa shape index (κ3) is 3.81. The van der Waals surface area contributed by atoms with Gasteiger partial charge >= 0.3 is 0 Å². The van der Waals surface area contributed by atoms with Crippen LogP contribution < -0.4 is 14.8 Å². The highest BCUT2D eigenvalue weighted by Crippen LogP contribution is 2.30. The molecule has 0 unspecified atom stereocenters. The Bertz CT molecular complexity index is 492. The molecule has 0 aliphatic heterocycles. The Balaban J connectivity index is 2.96. The van der Waals surface area contributed by atoms with Crippen molar-refractivity contribution in [1.29, 1.82) is 0 Å². The van der Waals surface area contributed by atoms with Gasteiger partial charge in [0.25, 0.3) is 0 Å². The molecule has 0 aliphatic carbocycles. The first kappa shape index (κ1) is 14.7. The average molecular weight is 261 g/mol. The van der Waals surface area contributed by atoms with Crippen LogP contribution >= 0.6 is 0 Å². The Morgan fingerprint density at radius 1 is 1.21 bits per heavy atom. The Labute approximate surface area is 114 Å². The van der Waals surface area contributed by atoms with Gasteiger partial charge in [-0.1, -0.05) is 19.2 Å². The molecule has 0 saturated carbocycles. The Morgan fingerprint density at radius 3 is 2.47 bits per heavy atom. The quantitative estimate of drug-likeness (QED) is 0.603. The summed E-state index contributed by atoms with van der Waals surface area (Å²) >= 11 is 0. The van der Waals surface area contributed by atoms with Crippen LogP contribution in [0.25, 0.3) is 0 Å². The van der Waals surface area contributed by atoms with Crippen LogP contribution in [-0.4, -0.2) is 21.3 Å². The summed E-state index contributed by atoms with van der Waals surface area (Å²) in [6, 6.07) is 5.48. The normalized spacial score (nSPS) is 10.6. The maximum absolute atomic E-state index is 5.30. The Kier molecular flexibility index (Phi) is 5.54. The molecule has 19 heavy (non-hydrogen) atoms. The smallest absolute Gasteiger partial charge is 0.145 e. The van der Waals surface area contributed by atoms with Gasteiger partial charge in [-0.25, -0.2) is 0 Å². The number of rotatable bonds is 7. The molecule has 0 heterocycles. The van der Waals surface area contributed by atoms with Crippen molar-refractivity contribution in [3.63, 3.8) is 0 Å². The van der Waals surface area contributed by atoms with Crippen LogP contribution in [0.3, 0.4) is 0 Å². The van der Waals surface area contributed by atoms with E-state index in [1.807, 2.05) is 12.1 Å². The molecule has 1 N–H and O–H groups in total. The molecular weight excluding hydrogens is 242 g/mol. The molecule has 0 amide bonds. The highest BCUT2D eigenvalue weighted by atomic mass is 16.5. The molecule has 0 aliphatic rings. The van der Waals surface area contributed by atoms with Crippen molar-refractivity contribution >= 4 is 5.69 Å². The molecule has 0 saturated heterocycles. The second-order valence-corrected chi connectivity index (χ2v) is 3.64. The van der Waals surface area contributed by atoms with Crippen LogP contribution in [0.1, 0.15) is 0 Å². The van der Waals surface area contributed by atoms with Crippen LogP contribution in [0.2, 0.25) is 0 Å². The van der Waals surface area contributed by atoms with Crippen molar-refractivity contribution in [2.24, 2.45) is 0 Å². The molecule has 4 heteroatoms. The van der Waals surface area contributed by atoms with E-state index in [-0.39, 0.29) is 0 Å². The molecule has 102 valence electrons. The summed E-state index contributed by atoms with van der Waals surface area (Å²) in [5.74, 6) is 1.99. The molecule has 0 radical (unpaired) electrons. The highest BCUT2D eigenvalue weighted by Gasteiger charge is 2.08. The average Bonchev–Trinajstić information content (AvgIpc) is 2.44. The lowest BCUT2D eigenvalue weighted by Crippen LogP contribution is -2.04. The first-order valence-corrected chi connectivity index (χ1v) is 5.71. The zero-order valence-corrected chi connectivity index (χ0v) is 11.5. The fourth-order valence-electron chi connectivity index (χ4n) is 1.52. The van der Waals surface area contributed by atoms with Crippen molar-refractivity contribution in [1.82, 2.24) is 0 Å². The topological polar surface area (TPSA) is 39.7 Å². The minimum atomic E-state index is 0.605. The molecule has 0 spiro atoms. The molecular formula is C15H19NO3. The first-order chi connectivity index (χ1) is 9.15. The summed E-state index contributed by atoms with van der Waals surface area (Å²) in [5, 5.41) is 3.13. The molecule has 0 fully saturated rings. The summed E-state index contributed by atoms with van der Waals surface area (Å²) in [4.78, 5) is 0. The van der Waals surface area contributed by atoms with Gasteiger partial charge < -0.3 is 19.5 Å². The molecule has 4 nitrogen and oxygen atoms in total. The molecule has 0 atom stereocenters. The Morgan fingerprint density at radius 2 is 1.95 bits per heavy atom. The number of benzene rings is 1. The van der Waals surface area contributed by atoms with Gasteiger partial charge in [-0.15, -0.1) is 0 Å². The van der Waals surface area contributed by atoms with Crippen molar-refractivity contribution in [3.05, 3.63) is 55.0 Å². The summed E-state index contributed by atoms with van der Waals surface area (Å²) in [7, 11) is 4.78. The second-order valence-electron chi connectivity index (χ2n) is 3.64. The number of methoxy groups -OCH3 is 3. The third-order valence-corrected chi connectivity index (χ3v) is 2.48. The van der Waals surface area contributed by atoms with Crippen molar-refractivity contribution < 1.29 is 14.2 Å². The van der Waals surface area contributed by atoms with E-state index >= 15 is 0 Å². The fraction of sp³-hybridized carbons (Fsp3) is 0.200. The number of hydrogen-bond donors (Lipinski definition) is 1. The largest absolute Gasteiger partial charge is 0.497 e. The maximum atomic E-state index is 5.30. The lowest BCUT2D eigenvalue weighted by molar-refractivity contribution is 0.301. The van der Waals surface area contributed by atoms with Crippen LogP contribution in [0, 0.1) is 0 Å². The Hall–Kier alpha value is -2.36.